The normalized spacial score (nSPS) is 10.3. The second-order valence-electron chi connectivity index (χ2n) is 4.99. The molecule has 0 saturated heterocycles. The molecule has 0 spiro atoms. The molecular weight excluding hydrogens is 353 g/mol. The van der Waals surface area contributed by atoms with Crippen molar-refractivity contribution in [2.24, 2.45) is 0 Å². The number of aromatic nitrogens is 2. The molecule has 0 saturated carbocycles. The molecule has 0 amide bonds. The van der Waals surface area contributed by atoms with E-state index in [4.69, 9.17) is 23.2 Å². The lowest BCUT2D eigenvalue weighted by atomic mass is 10.2. The number of nitrogens with zero attached hydrogens (tertiary/aromatic N) is 2. The minimum absolute atomic E-state index is 0. The van der Waals surface area contributed by atoms with Crippen LogP contribution in [0.5, 0.6) is 0 Å². The summed E-state index contributed by atoms with van der Waals surface area (Å²) < 4.78 is 1.98. The van der Waals surface area contributed by atoms with E-state index in [2.05, 4.69) is 34.6 Å². The summed E-state index contributed by atoms with van der Waals surface area (Å²) in [5.74, 6) is 0. The van der Waals surface area contributed by atoms with Crippen molar-refractivity contribution in [2.75, 3.05) is 0 Å². The van der Waals surface area contributed by atoms with Crippen molar-refractivity contribution in [1.29, 1.82) is 0 Å². The number of nitrogens with one attached hydrogen (secondary N) is 1. The van der Waals surface area contributed by atoms with Crippen LogP contribution in [0.15, 0.2) is 61.2 Å². The summed E-state index contributed by atoms with van der Waals surface area (Å²) in [5, 5.41) is 4.57. The fraction of sp³-hybridized carbons (Fsp3) is 0.118. The first-order valence-corrected chi connectivity index (χ1v) is 7.70. The van der Waals surface area contributed by atoms with Gasteiger partial charge in [-0.05, 0) is 35.4 Å². The van der Waals surface area contributed by atoms with Gasteiger partial charge in [-0.1, -0.05) is 41.4 Å². The minimum atomic E-state index is 0. The van der Waals surface area contributed by atoms with Crippen LogP contribution in [0.4, 0.5) is 0 Å². The van der Waals surface area contributed by atoms with Gasteiger partial charge in [0.25, 0.3) is 0 Å². The van der Waals surface area contributed by atoms with Crippen LogP contribution in [0.2, 0.25) is 10.0 Å². The Balaban J connectivity index is 0.00000192. The van der Waals surface area contributed by atoms with E-state index >= 15 is 0 Å². The Labute approximate surface area is 151 Å². The third-order valence-electron chi connectivity index (χ3n) is 3.38. The third-order valence-corrected chi connectivity index (χ3v) is 4.12. The fourth-order valence-electron chi connectivity index (χ4n) is 2.20. The van der Waals surface area contributed by atoms with Gasteiger partial charge in [0.05, 0.1) is 16.4 Å². The van der Waals surface area contributed by atoms with Gasteiger partial charge in [0, 0.05) is 31.2 Å². The SMILES string of the molecule is Cl.Clc1ccc(CNCc2ccc(-n3ccnc3)cc2)cc1Cl. The Morgan fingerprint density at radius 3 is 2.26 bits per heavy atom. The molecule has 0 aliphatic carbocycles. The van der Waals surface area contributed by atoms with E-state index in [1.165, 1.54) is 5.56 Å². The van der Waals surface area contributed by atoms with Crippen molar-refractivity contribution in [2.45, 2.75) is 13.1 Å². The molecule has 3 rings (SSSR count). The van der Waals surface area contributed by atoms with Gasteiger partial charge in [-0.2, -0.15) is 0 Å². The Bertz CT molecular complexity index is 740. The summed E-state index contributed by atoms with van der Waals surface area (Å²) >= 11 is 11.9. The van der Waals surface area contributed by atoms with Crippen LogP contribution in [-0.4, -0.2) is 9.55 Å². The highest BCUT2D eigenvalue weighted by molar-refractivity contribution is 6.42. The Kier molecular flexibility index (Phi) is 6.48. The van der Waals surface area contributed by atoms with Crippen LogP contribution in [-0.2, 0) is 13.1 Å². The van der Waals surface area contributed by atoms with Crippen LogP contribution in [0, 0.1) is 0 Å². The lowest BCUT2D eigenvalue weighted by Gasteiger charge is -2.08. The second kappa shape index (κ2) is 8.37. The summed E-state index contributed by atoms with van der Waals surface area (Å²) in [6, 6.07) is 14.1. The summed E-state index contributed by atoms with van der Waals surface area (Å²) in [5.41, 5.74) is 3.44. The molecule has 3 nitrogen and oxygen atoms in total. The molecular formula is C17H16Cl3N3. The molecule has 3 aromatic rings. The summed E-state index contributed by atoms with van der Waals surface area (Å²) in [6.45, 7) is 1.55. The van der Waals surface area contributed by atoms with Crippen molar-refractivity contribution in [3.8, 4) is 5.69 Å². The average molecular weight is 369 g/mol. The maximum atomic E-state index is 6.01. The maximum Gasteiger partial charge on any atom is 0.0991 e. The standard InChI is InChI=1S/C17H15Cl2N3.ClH/c18-16-6-3-14(9-17(16)19)11-21-10-13-1-4-15(5-2-13)22-8-7-20-12-22;/h1-9,12,21H,10-11H2;1H. The molecule has 0 radical (unpaired) electrons. The van der Waals surface area contributed by atoms with E-state index in [1.807, 2.05) is 29.0 Å². The highest BCUT2D eigenvalue weighted by Gasteiger charge is 2.00. The topological polar surface area (TPSA) is 29.9 Å². The molecule has 0 bridgehead atoms. The summed E-state index contributed by atoms with van der Waals surface area (Å²) in [6.07, 6.45) is 5.49. The van der Waals surface area contributed by atoms with Crippen LogP contribution in [0.1, 0.15) is 11.1 Å². The van der Waals surface area contributed by atoms with Gasteiger partial charge in [0.2, 0.25) is 0 Å². The second-order valence-corrected chi connectivity index (χ2v) is 5.80. The molecule has 0 unspecified atom stereocenters. The molecule has 23 heavy (non-hydrogen) atoms. The zero-order valence-electron chi connectivity index (χ0n) is 12.2. The highest BCUT2D eigenvalue weighted by Crippen LogP contribution is 2.22. The Morgan fingerprint density at radius 1 is 0.913 bits per heavy atom. The number of hydrogen-bond acceptors (Lipinski definition) is 2. The molecule has 0 fully saturated rings. The summed E-state index contributed by atoms with van der Waals surface area (Å²) in [7, 11) is 0. The van der Waals surface area contributed by atoms with Gasteiger partial charge in [-0.25, -0.2) is 4.98 Å². The molecule has 120 valence electrons. The number of halogens is 3. The number of hydrogen-bond donors (Lipinski definition) is 1. The summed E-state index contributed by atoms with van der Waals surface area (Å²) in [4.78, 5) is 4.05. The molecule has 1 aromatic heterocycles. The average Bonchev–Trinajstić information content (AvgIpc) is 3.06. The van der Waals surface area contributed by atoms with E-state index in [-0.39, 0.29) is 12.4 Å². The minimum Gasteiger partial charge on any atom is -0.309 e. The zero-order valence-corrected chi connectivity index (χ0v) is 14.6. The first-order valence-electron chi connectivity index (χ1n) is 6.94. The predicted octanol–water partition coefficient (Wildman–Crippen LogP) is 4.89. The molecule has 2 aromatic carbocycles. The van der Waals surface area contributed by atoms with Gasteiger partial charge in [-0.3, -0.25) is 0 Å². The molecule has 1 heterocycles. The largest absolute Gasteiger partial charge is 0.309 e. The van der Waals surface area contributed by atoms with Gasteiger partial charge < -0.3 is 9.88 Å². The van der Waals surface area contributed by atoms with E-state index in [1.54, 1.807) is 12.5 Å². The number of rotatable bonds is 5. The quantitative estimate of drug-likeness (QED) is 0.695. The molecule has 0 aliphatic heterocycles. The van der Waals surface area contributed by atoms with Gasteiger partial charge in [0.15, 0.2) is 0 Å². The van der Waals surface area contributed by atoms with E-state index in [0.717, 1.165) is 24.3 Å². The fourth-order valence-corrected chi connectivity index (χ4v) is 2.52. The molecule has 1 N–H and O–H groups in total. The van der Waals surface area contributed by atoms with E-state index < -0.39 is 0 Å². The highest BCUT2D eigenvalue weighted by atomic mass is 35.5. The van der Waals surface area contributed by atoms with Gasteiger partial charge in [-0.15, -0.1) is 12.4 Å². The van der Waals surface area contributed by atoms with E-state index in [0.29, 0.717) is 10.0 Å². The molecule has 0 atom stereocenters. The van der Waals surface area contributed by atoms with Crippen molar-refractivity contribution >= 4 is 35.6 Å². The van der Waals surface area contributed by atoms with Crippen LogP contribution in [0.3, 0.4) is 0 Å². The Hall–Kier alpha value is -1.52. The molecule has 0 aliphatic rings. The first-order chi connectivity index (χ1) is 10.7. The molecule has 6 heteroatoms. The lowest BCUT2D eigenvalue weighted by molar-refractivity contribution is 0.693. The van der Waals surface area contributed by atoms with Crippen molar-refractivity contribution in [1.82, 2.24) is 14.9 Å². The van der Waals surface area contributed by atoms with Crippen molar-refractivity contribution in [3.05, 3.63) is 82.4 Å². The zero-order chi connectivity index (χ0) is 15.4. The smallest absolute Gasteiger partial charge is 0.0991 e. The number of benzene rings is 2. The van der Waals surface area contributed by atoms with Crippen LogP contribution < -0.4 is 5.32 Å². The maximum absolute atomic E-state index is 6.01. The Morgan fingerprint density at radius 2 is 1.61 bits per heavy atom. The van der Waals surface area contributed by atoms with Crippen molar-refractivity contribution < 1.29 is 0 Å². The monoisotopic (exact) mass is 367 g/mol. The number of imidazole rings is 1. The predicted molar refractivity (Wildman–Crippen MR) is 97.8 cm³/mol. The third kappa shape index (κ3) is 4.72. The van der Waals surface area contributed by atoms with Gasteiger partial charge >= 0.3 is 0 Å². The van der Waals surface area contributed by atoms with Gasteiger partial charge in [0.1, 0.15) is 0 Å². The van der Waals surface area contributed by atoms with E-state index in [9.17, 15) is 0 Å². The van der Waals surface area contributed by atoms with Crippen molar-refractivity contribution in [3.63, 3.8) is 0 Å². The van der Waals surface area contributed by atoms with Crippen LogP contribution in [0.25, 0.3) is 5.69 Å². The first kappa shape index (κ1) is 17.8. The lowest BCUT2D eigenvalue weighted by Crippen LogP contribution is -2.12. The van der Waals surface area contributed by atoms with Crippen LogP contribution >= 0.6 is 35.6 Å².